The molecule has 0 aromatic heterocycles. The summed E-state index contributed by atoms with van der Waals surface area (Å²) >= 11 is 9.46. The fraction of sp³-hybridized carbons (Fsp3) is 0.333. The van der Waals surface area contributed by atoms with Crippen LogP contribution in [0.4, 0.5) is 0 Å². The van der Waals surface area contributed by atoms with Crippen molar-refractivity contribution in [1.82, 2.24) is 10.2 Å². The summed E-state index contributed by atoms with van der Waals surface area (Å²) in [7, 11) is 0. The molecule has 0 bridgehead atoms. The fourth-order valence-corrected chi connectivity index (χ4v) is 4.49. The molecule has 3 rings (SSSR count). The Bertz CT molecular complexity index is 1140. The molecule has 196 valence electrons. The zero-order chi connectivity index (χ0) is 26.6. The summed E-state index contributed by atoms with van der Waals surface area (Å²) in [5, 5.41) is 3.74. The van der Waals surface area contributed by atoms with Gasteiger partial charge in [-0.25, -0.2) is 0 Å². The van der Waals surface area contributed by atoms with E-state index in [4.69, 9.17) is 16.3 Å². The van der Waals surface area contributed by atoms with Crippen LogP contribution >= 0.6 is 27.5 Å². The van der Waals surface area contributed by atoms with E-state index in [9.17, 15) is 9.59 Å². The third kappa shape index (κ3) is 9.52. The van der Waals surface area contributed by atoms with Crippen molar-refractivity contribution < 1.29 is 14.3 Å². The number of carbonyl (C=O) groups excluding carboxylic acids is 2. The Labute approximate surface area is 233 Å². The molecule has 2 unspecified atom stereocenters. The van der Waals surface area contributed by atoms with Gasteiger partial charge in [-0.3, -0.25) is 9.59 Å². The minimum Gasteiger partial charge on any atom is -0.494 e. The van der Waals surface area contributed by atoms with Crippen molar-refractivity contribution in [3.05, 3.63) is 99.5 Å². The highest BCUT2D eigenvalue weighted by atomic mass is 79.9. The molecule has 0 saturated carbocycles. The Morgan fingerprint density at radius 3 is 2.38 bits per heavy atom. The van der Waals surface area contributed by atoms with Gasteiger partial charge >= 0.3 is 0 Å². The van der Waals surface area contributed by atoms with Crippen molar-refractivity contribution in [3.63, 3.8) is 0 Å². The molecule has 1 N–H and O–H groups in total. The number of nitrogens with one attached hydrogen (secondary N) is 1. The van der Waals surface area contributed by atoms with E-state index in [-0.39, 0.29) is 24.3 Å². The fourth-order valence-electron chi connectivity index (χ4n) is 3.91. The molecular formula is C30H34BrClN2O3. The number of hydrogen-bond acceptors (Lipinski definition) is 3. The SMILES string of the molecule is CCC(C)NC(=O)C(Cc1ccccc1)N(Cc1cccc(Br)c1)C(=O)CCCOc1ccc(Cl)cc1. The van der Waals surface area contributed by atoms with Crippen LogP contribution in [0.25, 0.3) is 0 Å². The summed E-state index contributed by atoms with van der Waals surface area (Å²) in [4.78, 5) is 28.9. The third-order valence-electron chi connectivity index (χ3n) is 6.13. The molecule has 3 aromatic carbocycles. The van der Waals surface area contributed by atoms with E-state index in [0.29, 0.717) is 36.8 Å². The third-order valence-corrected chi connectivity index (χ3v) is 6.88. The lowest BCUT2D eigenvalue weighted by atomic mass is 10.0. The maximum Gasteiger partial charge on any atom is 0.243 e. The highest BCUT2D eigenvalue weighted by Crippen LogP contribution is 2.20. The van der Waals surface area contributed by atoms with Gasteiger partial charge in [-0.2, -0.15) is 0 Å². The van der Waals surface area contributed by atoms with Gasteiger partial charge in [0.05, 0.1) is 6.61 Å². The van der Waals surface area contributed by atoms with E-state index in [1.54, 1.807) is 29.2 Å². The zero-order valence-corrected chi connectivity index (χ0v) is 23.7. The second-order valence-electron chi connectivity index (χ2n) is 9.08. The molecule has 0 aliphatic rings. The maximum atomic E-state index is 13.6. The van der Waals surface area contributed by atoms with Gasteiger partial charge in [0.25, 0.3) is 0 Å². The van der Waals surface area contributed by atoms with Gasteiger partial charge in [0.2, 0.25) is 11.8 Å². The first-order valence-electron chi connectivity index (χ1n) is 12.6. The van der Waals surface area contributed by atoms with Crippen LogP contribution in [0, 0.1) is 0 Å². The minimum absolute atomic E-state index is 0.0152. The first-order valence-corrected chi connectivity index (χ1v) is 13.8. The molecule has 0 radical (unpaired) electrons. The summed E-state index contributed by atoms with van der Waals surface area (Å²) in [5.74, 6) is 0.483. The van der Waals surface area contributed by atoms with E-state index in [0.717, 1.165) is 22.0 Å². The molecule has 0 aliphatic heterocycles. The Balaban J connectivity index is 1.79. The van der Waals surface area contributed by atoms with Gasteiger partial charge in [0.1, 0.15) is 11.8 Å². The monoisotopic (exact) mass is 584 g/mol. The zero-order valence-electron chi connectivity index (χ0n) is 21.3. The number of halogens is 2. The molecule has 2 atom stereocenters. The summed E-state index contributed by atoms with van der Waals surface area (Å²) < 4.78 is 6.71. The highest BCUT2D eigenvalue weighted by molar-refractivity contribution is 9.10. The van der Waals surface area contributed by atoms with Crippen molar-refractivity contribution in [2.45, 2.75) is 58.2 Å². The molecule has 3 aromatic rings. The number of nitrogens with zero attached hydrogens (tertiary/aromatic N) is 1. The van der Waals surface area contributed by atoms with E-state index >= 15 is 0 Å². The highest BCUT2D eigenvalue weighted by Gasteiger charge is 2.30. The Morgan fingerprint density at radius 2 is 1.70 bits per heavy atom. The number of ether oxygens (including phenoxy) is 1. The van der Waals surface area contributed by atoms with Gasteiger partial charge in [-0.05, 0) is 67.3 Å². The van der Waals surface area contributed by atoms with Crippen molar-refractivity contribution >= 4 is 39.3 Å². The smallest absolute Gasteiger partial charge is 0.243 e. The van der Waals surface area contributed by atoms with Crippen LogP contribution in [-0.4, -0.2) is 35.4 Å². The van der Waals surface area contributed by atoms with E-state index in [2.05, 4.69) is 21.2 Å². The van der Waals surface area contributed by atoms with Gasteiger partial charge in [-0.15, -0.1) is 0 Å². The Kier molecular flexibility index (Phi) is 11.5. The lowest BCUT2D eigenvalue weighted by Crippen LogP contribution is -2.52. The second-order valence-corrected chi connectivity index (χ2v) is 10.4. The van der Waals surface area contributed by atoms with Crippen molar-refractivity contribution in [3.8, 4) is 5.75 Å². The summed E-state index contributed by atoms with van der Waals surface area (Å²) in [6.07, 6.45) is 2.04. The molecule has 5 nitrogen and oxygen atoms in total. The topological polar surface area (TPSA) is 58.6 Å². The molecular weight excluding hydrogens is 552 g/mol. The lowest BCUT2D eigenvalue weighted by molar-refractivity contribution is -0.141. The van der Waals surface area contributed by atoms with Gasteiger partial charge in [0, 0.05) is 34.9 Å². The molecule has 0 fully saturated rings. The Morgan fingerprint density at radius 1 is 1.00 bits per heavy atom. The van der Waals surface area contributed by atoms with E-state index < -0.39 is 6.04 Å². The molecule has 0 heterocycles. The van der Waals surface area contributed by atoms with Crippen molar-refractivity contribution in [2.24, 2.45) is 0 Å². The molecule has 0 spiro atoms. The summed E-state index contributed by atoms with van der Waals surface area (Å²) in [6.45, 7) is 4.73. The predicted molar refractivity (Wildman–Crippen MR) is 153 cm³/mol. The van der Waals surface area contributed by atoms with E-state index in [1.807, 2.05) is 68.4 Å². The minimum atomic E-state index is -0.639. The average molecular weight is 586 g/mol. The summed E-state index contributed by atoms with van der Waals surface area (Å²) in [6, 6.07) is 24.2. The van der Waals surface area contributed by atoms with Crippen LogP contribution in [-0.2, 0) is 22.6 Å². The normalized spacial score (nSPS) is 12.4. The average Bonchev–Trinajstić information content (AvgIpc) is 2.90. The predicted octanol–water partition coefficient (Wildman–Crippen LogP) is 6.82. The summed E-state index contributed by atoms with van der Waals surface area (Å²) in [5.41, 5.74) is 1.96. The molecule has 2 amide bonds. The van der Waals surface area contributed by atoms with Crippen molar-refractivity contribution in [1.29, 1.82) is 0 Å². The van der Waals surface area contributed by atoms with Crippen LogP contribution in [0.15, 0.2) is 83.3 Å². The van der Waals surface area contributed by atoms with Crippen LogP contribution in [0.3, 0.4) is 0 Å². The molecule has 37 heavy (non-hydrogen) atoms. The molecule has 0 aliphatic carbocycles. The standard InChI is InChI=1S/C30H34BrClN2O3/c1-3-22(2)33-30(36)28(20-23-9-5-4-6-10-23)34(21-24-11-7-12-25(31)19-24)29(35)13-8-18-37-27-16-14-26(32)15-17-27/h4-7,9-12,14-17,19,22,28H,3,8,13,18,20-21H2,1-2H3,(H,33,36). The van der Waals surface area contributed by atoms with Crippen LogP contribution in [0.2, 0.25) is 5.02 Å². The second kappa shape index (κ2) is 14.8. The van der Waals surface area contributed by atoms with Gasteiger partial charge in [-0.1, -0.05) is 76.9 Å². The largest absolute Gasteiger partial charge is 0.494 e. The number of amides is 2. The quantitative estimate of drug-likeness (QED) is 0.224. The first-order chi connectivity index (χ1) is 17.9. The van der Waals surface area contributed by atoms with Crippen molar-refractivity contribution in [2.75, 3.05) is 6.61 Å². The first kappa shape index (κ1) is 28.7. The van der Waals surface area contributed by atoms with Gasteiger partial charge < -0.3 is 15.0 Å². The maximum absolute atomic E-state index is 13.6. The number of carbonyl (C=O) groups is 2. The van der Waals surface area contributed by atoms with E-state index in [1.165, 1.54) is 0 Å². The molecule has 7 heteroatoms. The Hall–Kier alpha value is -2.83. The van der Waals surface area contributed by atoms with Crippen LogP contribution in [0.5, 0.6) is 5.75 Å². The number of benzene rings is 3. The van der Waals surface area contributed by atoms with Crippen LogP contribution < -0.4 is 10.1 Å². The lowest BCUT2D eigenvalue weighted by Gasteiger charge is -2.32. The number of hydrogen-bond donors (Lipinski definition) is 1. The molecule has 0 saturated heterocycles. The number of rotatable bonds is 13. The van der Waals surface area contributed by atoms with Crippen LogP contribution in [0.1, 0.15) is 44.2 Å². The van der Waals surface area contributed by atoms with Gasteiger partial charge in [0.15, 0.2) is 0 Å².